The topological polar surface area (TPSA) is 139 Å². The lowest BCUT2D eigenvalue weighted by Gasteiger charge is -2.24. The highest BCUT2D eigenvalue weighted by Crippen LogP contribution is 2.26. The predicted molar refractivity (Wildman–Crippen MR) is 147 cm³/mol. The maximum absolute atomic E-state index is 13.8. The maximum atomic E-state index is 13.8. The molecule has 2 aromatic carbocycles. The number of aromatic hydroxyl groups is 1. The van der Waals surface area contributed by atoms with Crippen molar-refractivity contribution in [2.75, 3.05) is 24.8 Å². The molecule has 1 unspecified atom stereocenters. The molecule has 0 aliphatic heterocycles. The first-order valence-electron chi connectivity index (χ1n) is 12.2. The van der Waals surface area contributed by atoms with Crippen LogP contribution >= 0.6 is 0 Å². The summed E-state index contributed by atoms with van der Waals surface area (Å²) >= 11 is 0. The normalized spacial score (nSPS) is 12.0. The van der Waals surface area contributed by atoms with Gasteiger partial charge in [0.05, 0.1) is 23.2 Å². The van der Waals surface area contributed by atoms with E-state index in [-0.39, 0.29) is 35.4 Å². The van der Waals surface area contributed by atoms with Gasteiger partial charge in [0.15, 0.2) is 0 Å². The zero-order valence-corrected chi connectivity index (χ0v) is 21.3. The Hall–Kier alpha value is -4.24. The summed E-state index contributed by atoms with van der Waals surface area (Å²) in [6.45, 7) is 4.83. The fourth-order valence-electron chi connectivity index (χ4n) is 4.67. The van der Waals surface area contributed by atoms with Crippen LogP contribution in [0.5, 0.6) is 5.75 Å². The van der Waals surface area contributed by atoms with Crippen LogP contribution in [0.25, 0.3) is 10.8 Å². The van der Waals surface area contributed by atoms with Crippen LogP contribution in [0, 0.1) is 12.3 Å². The van der Waals surface area contributed by atoms with Gasteiger partial charge >= 0.3 is 0 Å². The molecule has 0 radical (unpaired) electrons. The highest BCUT2D eigenvalue weighted by molar-refractivity contribution is 6.16. The van der Waals surface area contributed by atoms with E-state index in [9.17, 15) is 9.90 Å². The summed E-state index contributed by atoms with van der Waals surface area (Å²) in [5.41, 5.74) is 8.74. The first-order chi connectivity index (χ1) is 17.8. The molecule has 4 aromatic rings. The Morgan fingerprint density at radius 3 is 2.73 bits per heavy atom. The van der Waals surface area contributed by atoms with Gasteiger partial charge in [0, 0.05) is 31.0 Å². The van der Waals surface area contributed by atoms with Gasteiger partial charge in [-0.15, -0.1) is 0 Å². The molecule has 5 N–H and O–H groups in total. The average Bonchev–Trinajstić information content (AvgIpc) is 2.88. The van der Waals surface area contributed by atoms with E-state index in [0.29, 0.717) is 35.4 Å². The number of anilines is 2. The SMILES string of the molecule is CCC(CCOC)n1c(CNc2ncnc(N)c2C(=N)c2cccc(O)c2)cc2cccc(C)c2c1=O. The quantitative estimate of drug-likeness (QED) is 0.237. The van der Waals surface area contributed by atoms with Gasteiger partial charge in [-0.05, 0) is 48.9 Å². The third kappa shape index (κ3) is 5.31. The summed E-state index contributed by atoms with van der Waals surface area (Å²) in [6.07, 6.45) is 2.80. The van der Waals surface area contributed by atoms with Gasteiger partial charge in [0.25, 0.3) is 5.56 Å². The van der Waals surface area contributed by atoms with Crippen molar-refractivity contribution in [3.8, 4) is 5.75 Å². The summed E-state index contributed by atoms with van der Waals surface area (Å²) < 4.78 is 7.17. The molecule has 0 saturated heterocycles. The summed E-state index contributed by atoms with van der Waals surface area (Å²) in [5.74, 6) is 0.558. The number of phenolic OH excluding ortho intramolecular Hbond substituents is 1. The fourth-order valence-corrected chi connectivity index (χ4v) is 4.67. The minimum absolute atomic E-state index is 0.0368. The lowest BCUT2D eigenvalue weighted by atomic mass is 10.0. The van der Waals surface area contributed by atoms with Crippen molar-refractivity contribution in [1.82, 2.24) is 14.5 Å². The van der Waals surface area contributed by atoms with Crippen LogP contribution in [0.3, 0.4) is 0 Å². The maximum Gasteiger partial charge on any atom is 0.259 e. The Labute approximate surface area is 215 Å². The molecule has 4 rings (SSSR count). The largest absolute Gasteiger partial charge is 0.508 e. The molecule has 0 aliphatic carbocycles. The van der Waals surface area contributed by atoms with Gasteiger partial charge in [0.1, 0.15) is 23.7 Å². The lowest BCUT2D eigenvalue weighted by molar-refractivity contribution is 0.176. The number of fused-ring (bicyclic) bond motifs is 1. The van der Waals surface area contributed by atoms with Gasteiger partial charge in [-0.2, -0.15) is 0 Å². The molecule has 9 nitrogen and oxygen atoms in total. The smallest absolute Gasteiger partial charge is 0.259 e. The van der Waals surface area contributed by atoms with E-state index in [4.69, 9.17) is 15.9 Å². The number of ether oxygens (including phenoxy) is 1. The van der Waals surface area contributed by atoms with Crippen molar-refractivity contribution in [2.45, 2.75) is 39.3 Å². The molecular weight excluding hydrogens is 468 g/mol. The van der Waals surface area contributed by atoms with Crippen molar-refractivity contribution in [2.24, 2.45) is 0 Å². The number of benzene rings is 2. The second-order valence-corrected chi connectivity index (χ2v) is 8.95. The zero-order chi connectivity index (χ0) is 26.5. The predicted octanol–water partition coefficient (Wildman–Crippen LogP) is 4.40. The van der Waals surface area contributed by atoms with Gasteiger partial charge in [-0.25, -0.2) is 9.97 Å². The Bertz CT molecular complexity index is 1500. The minimum atomic E-state index is -0.0474. The summed E-state index contributed by atoms with van der Waals surface area (Å²) in [5, 5.41) is 23.5. The number of hydrogen-bond donors (Lipinski definition) is 4. The van der Waals surface area contributed by atoms with Crippen LogP contribution in [0.4, 0.5) is 11.6 Å². The van der Waals surface area contributed by atoms with Crippen molar-refractivity contribution in [3.05, 3.63) is 87.6 Å². The number of rotatable bonds is 10. The van der Waals surface area contributed by atoms with Crippen LogP contribution in [0.1, 0.15) is 48.2 Å². The Balaban J connectivity index is 1.77. The van der Waals surface area contributed by atoms with Crippen molar-refractivity contribution >= 4 is 28.1 Å². The number of nitrogens with one attached hydrogen (secondary N) is 2. The standard InChI is InChI=1S/C28H32N6O3/c1-4-20(11-12-37-3)34-21(13-18-8-5-7-17(2)23(18)28(34)36)15-31-27-24(26(30)32-16-33-27)25(29)19-9-6-10-22(35)14-19/h5-10,13-14,16,20,29,35H,4,11-12,15H2,1-3H3,(H3,30,31,32,33). The zero-order valence-electron chi connectivity index (χ0n) is 21.3. The van der Waals surface area contributed by atoms with Crippen LogP contribution in [-0.4, -0.2) is 39.1 Å². The van der Waals surface area contributed by atoms with E-state index in [2.05, 4.69) is 22.2 Å². The Morgan fingerprint density at radius 1 is 1.22 bits per heavy atom. The van der Waals surface area contributed by atoms with Crippen molar-refractivity contribution in [1.29, 1.82) is 5.41 Å². The van der Waals surface area contributed by atoms with Crippen molar-refractivity contribution in [3.63, 3.8) is 0 Å². The number of hydrogen-bond acceptors (Lipinski definition) is 8. The van der Waals surface area contributed by atoms with Gasteiger partial charge in [-0.1, -0.05) is 37.3 Å². The molecule has 0 aliphatic rings. The molecular formula is C28H32N6O3. The monoisotopic (exact) mass is 500 g/mol. The third-order valence-electron chi connectivity index (χ3n) is 6.56. The fraction of sp³-hybridized carbons (Fsp3) is 0.286. The number of phenols is 1. The second-order valence-electron chi connectivity index (χ2n) is 8.95. The van der Waals surface area contributed by atoms with Gasteiger partial charge in [-0.3, -0.25) is 10.2 Å². The molecule has 0 spiro atoms. The number of pyridine rings is 1. The van der Waals surface area contributed by atoms with Crippen molar-refractivity contribution < 1.29 is 9.84 Å². The molecule has 2 heterocycles. The van der Waals surface area contributed by atoms with E-state index in [0.717, 1.165) is 23.1 Å². The van der Waals surface area contributed by atoms with E-state index in [1.165, 1.54) is 18.5 Å². The number of aryl methyl sites for hydroxylation is 1. The van der Waals surface area contributed by atoms with Gasteiger partial charge < -0.3 is 25.5 Å². The van der Waals surface area contributed by atoms with Gasteiger partial charge in [0.2, 0.25) is 0 Å². The van der Waals surface area contributed by atoms with E-state index >= 15 is 0 Å². The molecule has 0 bridgehead atoms. The summed E-state index contributed by atoms with van der Waals surface area (Å²) in [7, 11) is 1.66. The number of nitrogen functional groups attached to an aromatic ring is 1. The Morgan fingerprint density at radius 2 is 2.00 bits per heavy atom. The van der Waals surface area contributed by atoms with Crippen LogP contribution in [0.15, 0.2) is 59.7 Å². The molecule has 0 fully saturated rings. The number of nitrogens with two attached hydrogens (primary N) is 1. The first kappa shape index (κ1) is 25.8. The van der Waals surface area contributed by atoms with Crippen LogP contribution in [0.2, 0.25) is 0 Å². The molecule has 1 atom stereocenters. The molecule has 192 valence electrons. The van der Waals surface area contributed by atoms with Crippen LogP contribution < -0.4 is 16.6 Å². The highest BCUT2D eigenvalue weighted by Gasteiger charge is 2.20. The second kappa shape index (κ2) is 11.2. The number of methoxy groups -OCH3 is 1. The van der Waals surface area contributed by atoms with Crippen LogP contribution in [-0.2, 0) is 11.3 Å². The molecule has 0 saturated carbocycles. The average molecular weight is 501 g/mol. The first-order valence-corrected chi connectivity index (χ1v) is 12.2. The lowest BCUT2D eigenvalue weighted by Crippen LogP contribution is -2.30. The molecule has 2 aromatic heterocycles. The summed E-state index contributed by atoms with van der Waals surface area (Å²) in [6, 6.07) is 14.2. The Kier molecular flexibility index (Phi) is 7.83. The van der Waals surface area contributed by atoms with E-state index < -0.39 is 0 Å². The minimum Gasteiger partial charge on any atom is -0.508 e. The van der Waals surface area contributed by atoms with E-state index in [1.807, 2.05) is 35.8 Å². The molecule has 37 heavy (non-hydrogen) atoms. The number of nitrogens with zero attached hydrogens (tertiary/aromatic N) is 3. The molecule has 0 amide bonds. The third-order valence-corrected chi connectivity index (χ3v) is 6.56. The highest BCUT2D eigenvalue weighted by atomic mass is 16.5. The number of aromatic nitrogens is 3. The van der Waals surface area contributed by atoms with E-state index in [1.54, 1.807) is 19.2 Å². The summed E-state index contributed by atoms with van der Waals surface area (Å²) in [4.78, 5) is 22.2. The molecule has 9 heteroatoms.